The van der Waals surface area contributed by atoms with Crippen molar-refractivity contribution in [1.29, 1.82) is 0 Å². The van der Waals surface area contributed by atoms with Crippen molar-refractivity contribution < 1.29 is 22.7 Å². The van der Waals surface area contributed by atoms with Crippen LogP contribution in [0.1, 0.15) is 39.5 Å². The largest absolute Gasteiger partial charge is 0.416 e. The summed E-state index contributed by atoms with van der Waals surface area (Å²) in [6.45, 7) is 4.05. The van der Waals surface area contributed by atoms with Crippen LogP contribution in [0.4, 0.5) is 18.9 Å². The molecule has 0 radical (unpaired) electrons. The summed E-state index contributed by atoms with van der Waals surface area (Å²) in [5, 5.41) is 2.86. The predicted octanol–water partition coefficient (Wildman–Crippen LogP) is 3.89. The van der Waals surface area contributed by atoms with Gasteiger partial charge in [0.05, 0.1) is 24.8 Å². The summed E-state index contributed by atoms with van der Waals surface area (Å²) in [5.41, 5.74) is 2.80. The number of nitrogens with zero attached hydrogens (tertiary/aromatic N) is 2. The van der Waals surface area contributed by atoms with Crippen molar-refractivity contribution in [2.75, 3.05) is 51.3 Å². The Hall–Kier alpha value is -2.58. The number of hydrogen-bond acceptors (Lipinski definition) is 4. The highest BCUT2D eigenvalue weighted by atomic mass is 19.4. The lowest BCUT2D eigenvalue weighted by Crippen LogP contribution is -2.44. The van der Waals surface area contributed by atoms with Gasteiger partial charge in [0.25, 0.3) is 5.91 Å². The molecule has 2 aliphatic rings. The molecule has 1 unspecified atom stereocenters. The van der Waals surface area contributed by atoms with Gasteiger partial charge in [-0.05, 0) is 48.2 Å². The molecular formula is C24H28F3N3O2. The fourth-order valence-corrected chi connectivity index (χ4v) is 4.49. The van der Waals surface area contributed by atoms with Crippen LogP contribution in [-0.4, -0.2) is 57.2 Å². The minimum Gasteiger partial charge on any atom is -0.379 e. The Morgan fingerprint density at radius 3 is 2.66 bits per heavy atom. The van der Waals surface area contributed by atoms with Crippen LogP contribution in [-0.2, 0) is 17.3 Å². The Morgan fingerprint density at radius 1 is 1.12 bits per heavy atom. The number of carbonyl (C=O) groups is 1. The van der Waals surface area contributed by atoms with E-state index in [1.807, 2.05) is 0 Å². The van der Waals surface area contributed by atoms with Crippen molar-refractivity contribution in [3.05, 3.63) is 64.7 Å². The molecule has 0 aromatic heterocycles. The van der Waals surface area contributed by atoms with E-state index in [1.165, 1.54) is 23.4 Å². The second-order valence-corrected chi connectivity index (χ2v) is 8.37. The maximum Gasteiger partial charge on any atom is 0.416 e. The number of halogens is 3. The molecule has 0 saturated carbocycles. The highest BCUT2D eigenvalue weighted by Gasteiger charge is 2.31. The number of ether oxygens (including phenoxy) is 1. The summed E-state index contributed by atoms with van der Waals surface area (Å²) in [6, 6.07) is 10.9. The van der Waals surface area contributed by atoms with Crippen LogP contribution < -0.4 is 10.2 Å². The number of nitrogens with one attached hydrogen (secondary N) is 1. The van der Waals surface area contributed by atoms with Gasteiger partial charge in [-0.2, -0.15) is 13.2 Å². The molecular weight excluding hydrogens is 419 g/mol. The van der Waals surface area contributed by atoms with Gasteiger partial charge >= 0.3 is 6.18 Å². The first-order valence-electron chi connectivity index (χ1n) is 10.9. The van der Waals surface area contributed by atoms with Crippen LogP contribution in [0.15, 0.2) is 42.5 Å². The first-order valence-corrected chi connectivity index (χ1v) is 10.9. The van der Waals surface area contributed by atoms with Gasteiger partial charge in [0.15, 0.2) is 0 Å². The maximum absolute atomic E-state index is 13.0. The van der Waals surface area contributed by atoms with Crippen LogP contribution in [0.25, 0.3) is 0 Å². The third-order valence-electron chi connectivity index (χ3n) is 6.23. The number of amides is 1. The SMILES string of the molecule is CN1CCCc2cc(C(CNC(=O)c3cccc(C(F)(F)F)c3)N3CCOCC3)ccc21. The fraction of sp³-hybridized carbons (Fsp3) is 0.458. The summed E-state index contributed by atoms with van der Waals surface area (Å²) in [5.74, 6) is -0.507. The van der Waals surface area contributed by atoms with Crippen LogP contribution in [0, 0.1) is 0 Å². The smallest absolute Gasteiger partial charge is 0.379 e. The zero-order valence-corrected chi connectivity index (χ0v) is 18.1. The predicted molar refractivity (Wildman–Crippen MR) is 117 cm³/mol. The lowest BCUT2D eigenvalue weighted by molar-refractivity contribution is -0.137. The number of carbonyl (C=O) groups excluding carboxylic acids is 1. The third kappa shape index (κ3) is 5.07. The Balaban J connectivity index is 1.54. The van der Waals surface area contributed by atoms with E-state index < -0.39 is 17.6 Å². The zero-order chi connectivity index (χ0) is 22.7. The minimum absolute atomic E-state index is 0.00705. The number of rotatable bonds is 5. The summed E-state index contributed by atoms with van der Waals surface area (Å²) in [7, 11) is 2.09. The lowest BCUT2D eigenvalue weighted by atomic mass is 9.95. The molecule has 1 saturated heterocycles. The topological polar surface area (TPSA) is 44.8 Å². The van der Waals surface area contributed by atoms with Gasteiger partial charge in [-0.15, -0.1) is 0 Å². The Labute approximate surface area is 186 Å². The van der Waals surface area contributed by atoms with Gasteiger partial charge < -0.3 is 15.0 Å². The number of hydrogen-bond donors (Lipinski definition) is 1. The molecule has 1 amide bonds. The molecule has 4 rings (SSSR count). The number of alkyl halides is 3. The maximum atomic E-state index is 13.0. The quantitative estimate of drug-likeness (QED) is 0.756. The average molecular weight is 448 g/mol. The molecule has 172 valence electrons. The van der Waals surface area contributed by atoms with Gasteiger partial charge in [-0.1, -0.05) is 18.2 Å². The van der Waals surface area contributed by atoms with Gasteiger partial charge in [0, 0.05) is 44.5 Å². The summed E-state index contributed by atoms with van der Waals surface area (Å²) in [6.07, 6.45) is -2.37. The summed E-state index contributed by atoms with van der Waals surface area (Å²) < 4.78 is 44.6. The van der Waals surface area contributed by atoms with Gasteiger partial charge in [-0.25, -0.2) is 0 Å². The van der Waals surface area contributed by atoms with Gasteiger partial charge in [-0.3, -0.25) is 9.69 Å². The van der Waals surface area contributed by atoms with Gasteiger partial charge in [0.2, 0.25) is 0 Å². The van der Waals surface area contributed by atoms with Gasteiger partial charge in [0.1, 0.15) is 0 Å². The zero-order valence-electron chi connectivity index (χ0n) is 18.1. The molecule has 2 heterocycles. The first-order chi connectivity index (χ1) is 15.3. The highest BCUT2D eigenvalue weighted by molar-refractivity contribution is 5.94. The summed E-state index contributed by atoms with van der Waals surface area (Å²) >= 11 is 0. The van der Waals surface area contributed by atoms with E-state index in [0.717, 1.165) is 50.2 Å². The van der Waals surface area contributed by atoms with E-state index in [0.29, 0.717) is 19.8 Å². The van der Waals surface area contributed by atoms with E-state index in [1.54, 1.807) is 0 Å². The van der Waals surface area contributed by atoms with Crippen molar-refractivity contribution in [1.82, 2.24) is 10.2 Å². The third-order valence-corrected chi connectivity index (χ3v) is 6.23. The molecule has 2 aromatic rings. The van der Waals surface area contributed by atoms with E-state index in [-0.39, 0.29) is 11.6 Å². The van der Waals surface area contributed by atoms with E-state index in [4.69, 9.17) is 4.74 Å². The average Bonchev–Trinajstić information content (AvgIpc) is 2.79. The number of anilines is 1. The number of fused-ring (bicyclic) bond motifs is 1. The lowest BCUT2D eigenvalue weighted by Gasteiger charge is -2.36. The van der Waals surface area contributed by atoms with Crippen LogP contribution >= 0.6 is 0 Å². The highest BCUT2D eigenvalue weighted by Crippen LogP contribution is 2.31. The van der Waals surface area contributed by atoms with Crippen molar-refractivity contribution in [2.24, 2.45) is 0 Å². The Kier molecular flexibility index (Phi) is 6.71. The molecule has 1 N–H and O–H groups in total. The Bertz CT molecular complexity index is 958. The van der Waals surface area contributed by atoms with Crippen LogP contribution in [0.5, 0.6) is 0 Å². The van der Waals surface area contributed by atoms with Crippen molar-refractivity contribution >= 4 is 11.6 Å². The molecule has 1 fully saturated rings. The van der Waals surface area contributed by atoms with E-state index >= 15 is 0 Å². The van der Waals surface area contributed by atoms with Crippen LogP contribution in [0.3, 0.4) is 0 Å². The van der Waals surface area contributed by atoms with Crippen molar-refractivity contribution in [3.8, 4) is 0 Å². The molecule has 0 bridgehead atoms. The van der Waals surface area contributed by atoms with E-state index in [9.17, 15) is 18.0 Å². The standard InChI is InChI=1S/C24H28F3N3O2/c1-29-9-3-5-17-14-18(7-8-21(17)29)22(30-10-12-32-13-11-30)16-28-23(31)19-4-2-6-20(15-19)24(25,26)27/h2,4,6-8,14-15,22H,3,5,9-13,16H2,1H3,(H,28,31). The number of benzene rings is 2. The molecule has 2 aromatic carbocycles. The molecule has 1 atom stereocenters. The second-order valence-electron chi connectivity index (χ2n) is 8.37. The molecule has 0 spiro atoms. The van der Waals surface area contributed by atoms with E-state index in [2.05, 4.69) is 40.4 Å². The van der Waals surface area contributed by atoms with Crippen molar-refractivity contribution in [2.45, 2.75) is 25.1 Å². The normalized spacial score (nSPS) is 18.2. The van der Waals surface area contributed by atoms with Crippen LogP contribution in [0.2, 0.25) is 0 Å². The molecule has 5 nitrogen and oxygen atoms in total. The number of aryl methyl sites for hydroxylation is 1. The molecule has 0 aliphatic carbocycles. The van der Waals surface area contributed by atoms with Crippen molar-refractivity contribution in [3.63, 3.8) is 0 Å². The first kappa shape index (κ1) is 22.6. The fourth-order valence-electron chi connectivity index (χ4n) is 4.49. The Morgan fingerprint density at radius 2 is 1.91 bits per heavy atom. The minimum atomic E-state index is -4.48. The number of morpholine rings is 1. The second kappa shape index (κ2) is 9.50. The molecule has 2 aliphatic heterocycles. The molecule has 8 heteroatoms. The summed E-state index contributed by atoms with van der Waals surface area (Å²) in [4.78, 5) is 17.2. The molecule has 32 heavy (non-hydrogen) atoms. The monoisotopic (exact) mass is 447 g/mol.